The van der Waals surface area contributed by atoms with Crippen molar-refractivity contribution < 1.29 is 9.90 Å². The van der Waals surface area contributed by atoms with Gasteiger partial charge in [0.2, 0.25) is 0 Å². The van der Waals surface area contributed by atoms with Gasteiger partial charge < -0.3 is 16.2 Å². The Bertz CT molecular complexity index is 194. The molecule has 0 aromatic rings. The third kappa shape index (κ3) is 17.4. The molecule has 0 aliphatic carbocycles. The van der Waals surface area contributed by atoms with Gasteiger partial charge in [0.05, 0.1) is 5.92 Å². The molecule has 5 nitrogen and oxygen atoms in total. The van der Waals surface area contributed by atoms with Crippen LogP contribution in [-0.4, -0.2) is 30.6 Å². The molecule has 4 N–H and O–H groups in total. The maximum Gasteiger partial charge on any atom is 0.306 e. The molecular weight excluding hydrogens is 218 g/mol. The predicted molar refractivity (Wildman–Crippen MR) is 74.3 cm³/mol. The number of hydrogen-bond acceptors (Lipinski definition) is 2. The standard InChI is InChI=1S/C8H17N3O2.2C2H6/c1-6(7(12)13)4-3-5-11-8(9)10-2;2*1-2/h6H,3-5H2,1-2H3,(H,12,13)(H3,9,10,11);2*1-2H3/t6-;;/m0../s1. The average Bonchev–Trinajstić information content (AvgIpc) is 2.38. The Labute approximate surface area is 106 Å². The zero-order valence-corrected chi connectivity index (χ0v) is 12.1. The first kappa shape index (κ1) is 21.1. The Morgan fingerprint density at radius 1 is 1.35 bits per heavy atom. The summed E-state index contributed by atoms with van der Waals surface area (Å²) in [6, 6.07) is 0. The summed E-state index contributed by atoms with van der Waals surface area (Å²) in [5.41, 5.74) is 5.37. The summed E-state index contributed by atoms with van der Waals surface area (Å²) < 4.78 is 0. The average molecular weight is 247 g/mol. The molecule has 0 saturated carbocycles. The summed E-state index contributed by atoms with van der Waals surface area (Å²) >= 11 is 0. The van der Waals surface area contributed by atoms with Crippen molar-refractivity contribution in [2.45, 2.75) is 47.5 Å². The number of rotatable bonds is 5. The Morgan fingerprint density at radius 3 is 2.18 bits per heavy atom. The highest BCUT2D eigenvalue weighted by Crippen LogP contribution is 2.03. The van der Waals surface area contributed by atoms with Crippen molar-refractivity contribution in [2.75, 3.05) is 13.6 Å². The van der Waals surface area contributed by atoms with E-state index in [1.165, 1.54) is 0 Å². The lowest BCUT2D eigenvalue weighted by Crippen LogP contribution is -2.32. The number of carbonyl (C=O) groups is 1. The molecule has 104 valence electrons. The Morgan fingerprint density at radius 2 is 1.82 bits per heavy atom. The summed E-state index contributed by atoms with van der Waals surface area (Å²) in [5, 5.41) is 11.4. The molecule has 0 rings (SSSR count). The van der Waals surface area contributed by atoms with Gasteiger partial charge in [0.25, 0.3) is 0 Å². The van der Waals surface area contributed by atoms with Crippen LogP contribution in [0.3, 0.4) is 0 Å². The number of aliphatic imine (C=N–C) groups is 1. The summed E-state index contributed by atoms with van der Waals surface area (Å²) in [7, 11) is 1.60. The van der Waals surface area contributed by atoms with Crippen LogP contribution in [0.1, 0.15) is 47.5 Å². The van der Waals surface area contributed by atoms with Crippen LogP contribution in [0.25, 0.3) is 0 Å². The van der Waals surface area contributed by atoms with Gasteiger partial charge in [-0.2, -0.15) is 0 Å². The quantitative estimate of drug-likeness (QED) is 0.394. The lowest BCUT2D eigenvalue weighted by atomic mass is 10.1. The van der Waals surface area contributed by atoms with Crippen LogP contribution in [0, 0.1) is 5.92 Å². The van der Waals surface area contributed by atoms with Crippen LogP contribution in [0.5, 0.6) is 0 Å². The molecule has 17 heavy (non-hydrogen) atoms. The molecule has 0 spiro atoms. The van der Waals surface area contributed by atoms with Gasteiger partial charge in [0.1, 0.15) is 0 Å². The van der Waals surface area contributed by atoms with Gasteiger partial charge in [-0.05, 0) is 12.8 Å². The summed E-state index contributed by atoms with van der Waals surface area (Å²) in [5.74, 6) is -0.651. The Hall–Kier alpha value is -1.26. The first-order valence-corrected chi connectivity index (χ1v) is 6.27. The fraction of sp³-hybridized carbons (Fsp3) is 0.833. The normalized spacial score (nSPS) is 11.3. The third-order valence-electron chi connectivity index (χ3n) is 1.78. The molecular formula is C12H29N3O2. The highest BCUT2D eigenvalue weighted by atomic mass is 16.4. The number of hydrogen-bond donors (Lipinski definition) is 3. The van der Waals surface area contributed by atoms with E-state index in [0.717, 1.165) is 6.42 Å². The maximum atomic E-state index is 10.4. The van der Waals surface area contributed by atoms with E-state index in [-0.39, 0.29) is 5.92 Å². The number of aliphatic carboxylic acids is 1. The molecule has 0 amide bonds. The number of carboxylic acids is 1. The van der Waals surface area contributed by atoms with Gasteiger partial charge in [-0.15, -0.1) is 0 Å². The molecule has 0 bridgehead atoms. The summed E-state index contributed by atoms with van der Waals surface area (Å²) in [6.07, 6.45) is 1.43. The fourth-order valence-electron chi connectivity index (χ4n) is 0.827. The predicted octanol–water partition coefficient (Wildman–Crippen LogP) is 2.07. The summed E-state index contributed by atoms with van der Waals surface area (Å²) in [4.78, 5) is 14.1. The summed E-state index contributed by atoms with van der Waals surface area (Å²) in [6.45, 7) is 10.4. The smallest absolute Gasteiger partial charge is 0.306 e. The number of carboxylic acid groups (broad SMARTS) is 1. The zero-order valence-electron chi connectivity index (χ0n) is 12.1. The second-order valence-corrected chi connectivity index (χ2v) is 2.92. The second kappa shape index (κ2) is 17.1. The van der Waals surface area contributed by atoms with E-state index in [4.69, 9.17) is 10.8 Å². The van der Waals surface area contributed by atoms with Gasteiger partial charge in [0, 0.05) is 13.6 Å². The molecule has 0 radical (unpaired) electrons. The minimum atomic E-state index is -0.753. The van der Waals surface area contributed by atoms with Crippen LogP contribution in [0.15, 0.2) is 4.99 Å². The van der Waals surface area contributed by atoms with Gasteiger partial charge >= 0.3 is 5.97 Å². The lowest BCUT2D eigenvalue weighted by molar-refractivity contribution is -0.141. The first-order chi connectivity index (χ1) is 8.07. The fourth-order valence-corrected chi connectivity index (χ4v) is 0.827. The van der Waals surface area contributed by atoms with Crippen LogP contribution < -0.4 is 11.1 Å². The molecule has 0 aromatic heterocycles. The molecule has 0 aromatic carbocycles. The third-order valence-corrected chi connectivity index (χ3v) is 1.78. The second-order valence-electron chi connectivity index (χ2n) is 2.92. The minimum absolute atomic E-state index is 0.290. The van der Waals surface area contributed by atoms with Crippen molar-refractivity contribution in [3.63, 3.8) is 0 Å². The van der Waals surface area contributed by atoms with Gasteiger partial charge in [0.15, 0.2) is 5.96 Å². The number of nitrogens with one attached hydrogen (secondary N) is 1. The van der Waals surface area contributed by atoms with E-state index >= 15 is 0 Å². The number of nitrogens with zero attached hydrogens (tertiary/aromatic N) is 1. The molecule has 0 unspecified atom stereocenters. The molecule has 0 fully saturated rings. The van der Waals surface area contributed by atoms with Gasteiger partial charge in [-0.25, -0.2) is 0 Å². The molecule has 0 saturated heterocycles. The van der Waals surface area contributed by atoms with Crippen LogP contribution in [0.4, 0.5) is 0 Å². The van der Waals surface area contributed by atoms with Crippen molar-refractivity contribution in [3.05, 3.63) is 0 Å². The number of nitrogens with two attached hydrogens (primary N) is 1. The van der Waals surface area contributed by atoms with Crippen molar-refractivity contribution in [1.29, 1.82) is 0 Å². The Kier molecular flexibility index (Phi) is 21.2. The topological polar surface area (TPSA) is 87.7 Å². The van der Waals surface area contributed by atoms with Crippen molar-refractivity contribution in [1.82, 2.24) is 5.32 Å². The van der Waals surface area contributed by atoms with Crippen LogP contribution in [0.2, 0.25) is 0 Å². The first-order valence-electron chi connectivity index (χ1n) is 6.27. The van der Waals surface area contributed by atoms with E-state index in [9.17, 15) is 4.79 Å². The molecule has 5 heteroatoms. The minimum Gasteiger partial charge on any atom is -0.481 e. The largest absolute Gasteiger partial charge is 0.481 e. The SMILES string of the molecule is CC.CC.CN=C(N)NCCC[C@H](C)C(=O)O. The van der Waals surface area contributed by atoms with E-state index in [2.05, 4.69) is 10.3 Å². The highest BCUT2D eigenvalue weighted by Gasteiger charge is 2.09. The van der Waals surface area contributed by atoms with Gasteiger partial charge in [-0.3, -0.25) is 9.79 Å². The van der Waals surface area contributed by atoms with Gasteiger partial charge in [-0.1, -0.05) is 34.6 Å². The van der Waals surface area contributed by atoms with Crippen molar-refractivity contribution in [2.24, 2.45) is 16.6 Å². The van der Waals surface area contributed by atoms with Crippen LogP contribution in [-0.2, 0) is 4.79 Å². The molecule has 1 atom stereocenters. The lowest BCUT2D eigenvalue weighted by Gasteiger charge is -2.06. The van der Waals surface area contributed by atoms with Crippen molar-refractivity contribution >= 4 is 11.9 Å². The molecule has 0 aliphatic heterocycles. The van der Waals surface area contributed by atoms with E-state index in [1.54, 1.807) is 14.0 Å². The van der Waals surface area contributed by atoms with E-state index < -0.39 is 5.97 Å². The zero-order chi connectivity index (χ0) is 14.3. The van der Waals surface area contributed by atoms with Crippen molar-refractivity contribution in [3.8, 4) is 0 Å². The van der Waals surface area contributed by atoms with E-state index in [1.807, 2.05) is 27.7 Å². The monoisotopic (exact) mass is 247 g/mol. The Balaban J connectivity index is -0.000000439. The molecule has 0 heterocycles. The molecule has 0 aliphatic rings. The maximum absolute atomic E-state index is 10.4. The van der Waals surface area contributed by atoms with E-state index in [0.29, 0.717) is 18.9 Å². The van der Waals surface area contributed by atoms with Crippen LogP contribution >= 0.6 is 0 Å². The highest BCUT2D eigenvalue weighted by molar-refractivity contribution is 5.77. The number of guanidine groups is 1.